The summed E-state index contributed by atoms with van der Waals surface area (Å²) in [5.41, 5.74) is 1.28. The highest BCUT2D eigenvalue weighted by Gasteiger charge is 2.38. The van der Waals surface area contributed by atoms with Crippen molar-refractivity contribution in [1.82, 2.24) is 5.32 Å². The molecule has 2 bridgehead atoms. The van der Waals surface area contributed by atoms with E-state index in [4.69, 9.17) is 11.6 Å². The molecule has 1 aromatic rings. The zero-order valence-corrected chi connectivity index (χ0v) is 12.4. The lowest BCUT2D eigenvalue weighted by Crippen LogP contribution is -2.37. The van der Waals surface area contributed by atoms with Gasteiger partial charge in [-0.25, -0.2) is 0 Å². The van der Waals surface area contributed by atoms with Gasteiger partial charge in [-0.05, 0) is 62.1 Å². The monoisotopic (exact) mass is 275 g/mol. The van der Waals surface area contributed by atoms with Crippen molar-refractivity contribution in [1.29, 1.82) is 0 Å². The highest BCUT2D eigenvalue weighted by Crippen LogP contribution is 2.45. The van der Waals surface area contributed by atoms with Crippen LogP contribution in [-0.2, 0) is 0 Å². The summed E-state index contributed by atoms with van der Waals surface area (Å²) in [6.07, 6.45) is 7.58. The van der Waals surface area contributed by atoms with Gasteiger partial charge in [0.2, 0.25) is 0 Å². The minimum Gasteiger partial charge on any atom is -0.307 e. The van der Waals surface area contributed by atoms with Gasteiger partial charge in [0.15, 0.2) is 0 Å². The van der Waals surface area contributed by atoms with Gasteiger partial charge in [-0.1, -0.05) is 35.9 Å². The first kappa shape index (κ1) is 13.2. The number of allylic oxidation sites excluding steroid dienone is 2. The second-order valence-electron chi connectivity index (χ2n) is 6.18. The minimum atomic E-state index is 0.358. The van der Waals surface area contributed by atoms with Crippen LogP contribution in [0.15, 0.2) is 36.4 Å². The average molecular weight is 276 g/mol. The van der Waals surface area contributed by atoms with Crippen LogP contribution < -0.4 is 5.32 Å². The normalized spacial score (nSPS) is 31.6. The Bertz CT molecular complexity index is 482. The van der Waals surface area contributed by atoms with Gasteiger partial charge in [0.25, 0.3) is 0 Å². The van der Waals surface area contributed by atoms with Gasteiger partial charge in [-0.3, -0.25) is 0 Å². The summed E-state index contributed by atoms with van der Waals surface area (Å²) in [6.45, 7) is 4.56. The van der Waals surface area contributed by atoms with Gasteiger partial charge in [-0.2, -0.15) is 0 Å². The van der Waals surface area contributed by atoms with Crippen molar-refractivity contribution in [2.24, 2.45) is 17.8 Å². The average Bonchev–Trinajstić information content (AvgIpc) is 3.00. The number of nitrogens with one attached hydrogen (secondary N) is 1. The Balaban J connectivity index is 1.63. The number of fused-ring (bicyclic) bond motifs is 2. The lowest BCUT2D eigenvalue weighted by Gasteiger charge is -2.29. The van der Waals surface area contributed by atoms with Gasteiger partial charge >= 0.3 is 0 Å². The van der Waals surface area contributed by atoms with E-state index in [0.717, 1.165) is 22.8 Å². The summed E-state index contributed by atoms with van der Waals surface area (Å²) in [5.74, 6) is 2.46. The fourth-order valence-corrected chi connectivity index (χ4v) is 3.99. The van der Waals surface area contributed by atoms with E-state index in [1.54, 1.807) is 0 Å². The van der Waals surface area contributed by atoms with Gasteiger partial charge in [-0.15, -0.1) is 0 Å². The van der Waals surface area contributed by atoms with Crippen LogP contribution in [0.5, 0.6) is 0 Å². The van der Waals surface area contributed by atoms with E-state index >= 15 is 0 Å². The third-order valence-electron chi connectivity index (χ3n) is 4.83. The molecule has 0 spiro atoms. The molecule has 2 heteroatoms. The van der Waals surface area contributed by atoms with Crippen molar-refractivity contribution >= 4 is 11.6 Å². The summed E-state index contributed by atoms with van der Waals surface area (Å²) in [5, 5.41) is 4.58. The highest BCUT2D eigenvalue weighted by atomic mass is 35.5. The molecule has 1 N–H and O–H groups in total. The predicted octanol–water partition coefficient (Wildman–Crippen LogP) is 4.59. The Morgan fingerprint density at radius 1 is 1.21 bits per heavy atom. The molecule has 0 radical (unpaired) electrons. The van der Waals surface area contributed by atoms with Gasteiger partial charge in [0.1, 0.15) is 0 Å². The molecular formula is C17H22ClN. The van der Waals surface area contributed by atoms with E-state index in [9.17, 15) is 0 Å². The summed E-state index contributed by atoms with van der Waals surface area (Å²) in [6, 6.07) is 9.09. The smallest absolute Gasteiger partial charge is 0.0409 e. The molecule has 1 nitrogen and oxygen atoms in total. The van der Waals surface area contributed by atoms with Crippen LogP contribution >= 0.6 is 11.6 Å². The molecule has 0 amide bonds. The van der Waals surface area contributed by atoms with Gasteiger partial charge < -0.3 is 5.32 Å². The van der Waals surface area contributed by atoms with Gasteiger partial charge in [0, 0.05) is 17.1 Å². The van der Waals surface area contributed by atoms with Crippen molar-refractivity contribution in [2.45, 2.75) is 38.8 Å². The van der Waals surface area contributed by atoms with Crippen LogP contribution in [-0.4, -0.2) is 6.04 Å². The standard InChI is InChI=1S/C17H22ClN/c1-11(14-4-3-5-16(18)10-14)19-12(2)17-9-13-6-7-15(17)8-13/h3-7,10-13,15,17,19H,8-9H2,1-2H3/t11-,12?,13?,15?,17?/m1/s1. The van der Waals surface area contributed by atoms with E-state index in [-0.39, 0.29) is 0 Å². The second-order valence-corrected chi connectivity index (χ2v) is 6.61. The molecule has 1 saturated carbocycles. The SMILES string of the molecule is CC(N[C@H](C)c1cccc(Cl)c1)C1CC2C=CC1C2. The molecule has 5 atom stereocenters. The Kier molecular flexibility index (Phi) is 3.68. The van der Waals surface area contributed by atoms with Crippen LogP contribution in [0.25, 0.3) is 0 Å². The first-order valence-electron chi connectivity index (χ1n) is 7.33. The number of hydrogen-bond acceptors (Lipinski definition) is 1. The molecule has 19 heavy (non-hydrogen) atoms. The Labute approximate surface area is 121 Å². The largest absolute Gasteiger partial charge is 0.307 e. The molecule has 2 aliphatic carbocycles. The molecule has 3 rings (SSSR count). The van der Waals surface area contributed by atoms with E-state index in [1.807, 2.05) is 12.1 Å². The first-order chi connectivity index (χ1) is 9.13. The fraction of sp³-hybridized carbons (Fsp3) is 0.529. The third kappa shape index (κ3) is 2.73. The van der Waals surface area contributed by atoms with E-state index in [2.05, 4.69) is 43.4 Å². The molecule has 0 aliphatic heterocycles. The Morgan fingerprint density at radius 2 is 2.05 bits per heavy atom. The maximum absolute atomic E-state index is 6.07. The lowest BCUT2D eigenvalue weighted by atomic mass is 9.87. The minimum absolute atomic E-state index is 0.358. The van der Waals surface area contributed by atoms with Crippen LogP contribution in [0.2, 0.25) is 5.02 Å². The van der Waals surface area contributed by atoms with Crippen LogP contribution in [0, 0.1) is 17.8 Å². The van der Waals surface area contributed by atoms with Gasteiger partial charge in [0.05, 0.1) is 0 Å². The third-order valence-corrected chi connectivity index (χ3v) is 5.07. The Hall–Kier alpha value is -0.790. The maximum Gasteiger partial charge on any atom is 0.0409 e. The molecule has 1 fully saturated rings. The van der Waals surface area contributed by atoms with Crippen LogP contribution in [0.4, 0.5) is 0 Å². The molecule has 0 saturated heterocycles. The molecule has 0 heterocycles. The lowest BCUT2D eigenvalue weighted by molar-refractivity contribution is 0.307. The number of hydrogen-bond donors (Lipinski definition) is 1. The summed E-state index contributed by atoms with van der Waals surface area (Å²) >= 11 is 6.07. The summed E-state index contributed by atoms with van der Waals surface area (Å²) < 4.78 is 0. The fourth-order valence-electron chi connectivity index (χ4n) is 3.79. The van der Waals surface area contributed by atoms with Crippen LogP contribution in [0.3, 0.4) is 0 Å². The topological polar surface area (TPSA) is 12.0 Å². The summed E-state index contributed by atoms with van der Waals surface area (Å²) in [7, 11) is 0. The summed E-state index contributed by atoms with van der Waals surface area (Å²) in [4.78, 5) is 0. The van der Waals surface area contributed by atoms with Crippen molar-refractivity contribution in [3.05, 3.63) is 47.0 Å². The second kappa shape index (κ2) is 5.30. The number of rotatable bonds is 4. The van der Waals surface area contributed by atoms with Crippen molar-refractivity contribution in [2.75, 3.05) is 0 Å². The molecule has 2 aliphatic rings. The zero-order chi connectivity index (χ0) is 13.4. The van der Waals surface area contributed by atoms with Crippen molar-refractivity contribution in [3.63, 3.8) is 0 Å². The molecule has 102 valence electrons. The van der Waals surface area contributed by atoms with Crippen molar-refractivity contribution < 1.29 is 0 Å². The van der Waals surface area contributed by atoms with Crippen LogP contribution in [0.1, 0.15) is 38.3 Å². The predicted molar refractivity (Wildman–Crippen MR) is 81.3 cm³/mol. The highest BCUT2D eigenvalue weighted by molar-refractivity contribution is 6.30. The molecule has 4 unspecified atom stereocenters. The van der Waals surface area contributed by atoms with E-state index in [0.29, 0.717) is 12.1 Å². The number of halogens is 1. The molecular weight excluding hydrogens is 254 g/mol. The molecule has 0 aromatic heterocycles. The van der Waals surface area contributed by atoms with E-state index < -0.39 is 0 Å². The maximum atomic E-state index is 6.07. The van der Waals surface area contributed by atoms with E-state index in [1.165, 1.54) is 18.4 Å². The Morgan fingerprint density at radius 3 is 2.68 bits per heavy atom. The molecule has 1 aromatic carbocycles. The van der Waals surface area contributed by atoms with Crippen molar-refractivity contribution in [3.8, 4) is 0 Å². The first-order valence-corrected chi connectivity index (χ1v) is 7.71. The number of benzene rings is 1. The quantitative estimate of drug-likeness (QED) is 0.793. The zero-order valence-electron chi connectivity index (χ0n) is 11.6.